The number of hydrogen-bond acceptors (Lipinski definition) is 4. The maximum Gasteiger partial charge on any atom is 0.252 e. The summed E-state index contributed by atoms with van der Waals surface area (Å²) >= 11 is 0. The van der Waals surface area contributed by atoms with E-state index in [4.69, 9.17) is 0 Å². The van der Waals surface area contributed by atoms with Gasteiger partial charge in [0.1, 0.15) is 5.82 Å². The van der Waals surface area contributed by atoms with Gasteiger partial charge in [0.25, 0.3) is 5.91 Å². The standard InChI is InChI=1S/C21H28N4O/c1-2-3-13-22-21(26)17-7-12-20(23-16-17)24-18-8-10-19(11-9-18)25-14-5-4-6-15-25/h7-12,16H,2-6,13-15H2,1H3,(H,22,26)(H,23,24). The van der Waals surface area contributed by atoms with E-state index >= 15 is 0 Å². The first-order chi connectivity index (χ1) is 12.8. The van der Waals surface area contributed by atoms with Gasteiger partial charge < -0.3 is 15.5 Å². The van der Waals surface area contributed by atoms with Crippen molar-refractivity contribution in [3.63, 3.8) is 0 Å². The first-order valence-corrected chi connectivity index (χ1v) is 9.62. The normalized spacial score (nSPS) is 14.1. The molecule has 2 N–H and O–H groups in total. The molecule has 5 heteroatoms. The van der Waals surface area contributed by atoms with Gasteiger partial charge in [0.15, 0.2) is 0 Å². The fourth-order valence-electron chi connectivity index (χ4n) is 3.14. The van der Waals surface area contributed by atoms with Gasteiger partial charge >= 0.3 is 0 Å². The third kappa shape index (κ3) is 4.97. The molecule has 0 bridgehead atoms. The number of benzene rings is 1. The Morgan fingerprint density at radius 3 is 2.50 bits per heavy atom. The van der Waals surface area contributed by atoms with Crippen molar-refractivity contribution >= 4 is 23.1 Å². The summed E-state index contributed by atoms with van der Waals surface area (Å²) in [6.07, 6.45) is 7.58. The second-order valence-corrected chi connectivity index (χ2v) is 6.76. The lowest BCUT2D eigenvalue weighted by atomic mass is 10.1. The van der Waals surface area contributed by atoms with E-state index in [0.29, 0.717) is 12.1 Å². The Morgan fingerprint density at radius 1 is 1.08 bits per heavy atom. The average molecular weight is 352 g/mol. The van der Waals surface area contributed by atoms with E-state index in [1.165, 1.54) is 24.9 Å². The molecule has 138 valence electrons. The molecule has 0 atom stereocenters. The zero-order valence-electron chi connectivity index (χ0n) is 15.5. The highest BCUT2D eigenvalue weighted by Crippen LogP contribution is 2.23. The van der Waals surface area contributed by atoms with Gasteiger partial charge in [-0.25, -0.2) is 4.98 Å². The third-order valence-electron chi connectivity index (χ3n) is 4.70. The van der Waals surface area contributed by atoms with Gasteiger partial charge in [0.2, 0.25) is 0 Å². The molecule has 1 aliphatic heterocycles. The lowest BCUT2D eigenvalue weighted by Crippen LogP contribution is -2.29. The Morgan fingerprint density at radius 2 is 1.85 bits per heavy atom. The monoisotopic (exact) mass is 352 g/mol. The van der Waals surface area contributed by atoms with Crippen molar-refractivity contribution in [2.45, 2.75) is 39.0 Å². The molecule has 0 radical (unpaired) electrons. The van der Waals surface area contributed by atoms with E-state index in [9.17, 15) is 4.79 Å². The number of carbonyl (C=O) groups excluding carboxylic acids is 1. The van der Waals surface area contributed by atoms with Crippen LogP contribution in [0.2, 0.25) is 0 Å². The SMILES string of the molecule is CCCCNC(=O)c1ccc(Nc2ccc(N3CCCCC3)cc2)nc1. The number of carbonyl (C=O) groups is 1. The fraction of sp³-hybridized carbons (Fsp3) is 0.429. The second-order valence-electron chi connectivity index (χ2n) is 6.76. The zero-order chi connectivity index (χ0) is 18.2. The smallest absolute Gasteiger partial charge is 0.252 e. The molecule has 1 fully saturated rings. The van der Waals surface area contributed by atoms with Crippen molar-refractivity contribution in [1.29, 1.82) is 0 Å². The number of piperidine rings is 1. The summed E-state index contributed by atoms with van der Waals surface area (Å²) in [4.78, 5) is 18.8. The number of unbranched alkanes of at least 4 members (excludes halogenated alkanes) is 1. The maximum absolute atomic E-state index is 12.0. The van der Waals surface area contributed by atoms with Crippen LogP contribution in [0.25, 0.3) is 0 Å². The van der Waals surface area contributed by atoms with Crippen molar-refractivity contribution in [2.75, 3.05) is 29.9 Å². The Bertz CT molecular complexity index is 691. The molecular formula is C21H28N4O. The maximum atomic E-state index is 12.0. The highest BCUT2D eigenvalue weighted by Gasteiger charge is 2.10. The minimum Gasteiger partial charge on any atom is -0.372 e. The molecule has 1 aliphatic rings. The second kappa shape index (κ2) is 9.22. The number of nitrogens with zero attached hydrogens (tertiary/aromatic N) is 2. The quantitative estimate of drug-likeness (QED) is 0.728. The van der Waals surface area contributed by atoms with E-state index < -0.39 is 0 Å². The molecule has 3 rings (SSSR count). The summed E-state index contributed by atoms with van der Waals surface area (Å²) in [7, 11) is 0. The van der Waals surface area contributed by atoms with Gasteiger partial charge in [0, 0.05) is 37.2 Å². The Labute approximate surface area is 155 Å². The van der Waals surface area contributed by atoms with Crippen molar-refractivity contribution in [3.05, 3.63) is 48.2 Å². The summed E-state index contributed by atoms with van der Waals surface area (Å²) in [5.74, 6) is 0.671. The minimum absolute atomic E-state index is 0.0663. The topological polar surface area (TPSA) is 57.3 Å². The molecule has 0 unspecified atom stereocenters. The van der Waals surface area contributed by atoms with Crippen LogP contribution in [0.4, 0.5) is 17.2 Å². The molecule has 1 saturated heterocycles. The van der Waals surface area contributed by atoms with Crippen LogP contribution in [0, 0.1) is 0 Å². The van der Waals surface area contributed by atoms with Crippen LogP contribution in [-0.4, -0.2) is 30.5 Å². The van der Waals surface area contributed by atoms with Crippen molar-refractivity contribution < 1.29 is 4.79 Å². The van der Waals surface area contributed by atoms with E-state index in [-0.39, 0.29) is 5.91 Å². The van der Waals surface area contributed by atoms with Crippen LogP contribution >= 0.6 is 0 Å². The molecule has 1 aromatic heterocycles. The molecule has 26 heavy (non-hydrogen) atoms. The number of rotatable bonds is 7. The molecule has 1 amide bonds. The summed E-state index contributed by atoms with van der Waals surface area (Å²) in [6.45, 7) is 5.11. The molecule has 1 aromatic carbocycles. The van der Waals surface area contributed by atoms with Crippen LogP contribution in [0.15, 0.2) is 42.6 Å². The Kier molecular flexibility index (Phi) is 6.47. The first-order valence-electron chi connectivity index (χ1n) is 9.62. The van der Waals surface area contributed by atoms with Gasteiger partial charge in [-0.3, -0.25) is 4.79 Å². The summed E-state index contributed by atoms with van der Waals surface area (Å²) in [5, 5.41) is 6.19. The van der Waals surface area contributed by atoms with Crippen LogP contribution in [0.3, 0.4) is 0 Å². The minimum atomic E-state index is -0.0663. The predicted molar refractivity (Wildman–Crippen MR) is 107 cm³/mol. The Hall–Kier alpha value is -2.56. The summed E-state index contributed by atoms with van der Waals surface area (Å²) in [5.41, 5.74) is 2.87. The molecule has 5 nitrogen and oxygen atoms in total. The van der Waals surface area contributed by atoms with Crippen molar-refractivity contribution in [2.24, 2.45) is 0 Å². The van der Waals surface area contributed by atoms with E-state index in [1.807, 2.05) is 6.07 Å². The highest BCUT2D eigenvalue weighted by atomic mass is 16.1. The lowest BCUT2D eigenvalue weighted by molar-refractivity contribution is 0.0953. The molecular weight excluding hydrogens is 324 g/mol. The number of hydrogen-bond donors (Lipinski definition) is 2. The molecule has 2 heterocycles. The van der Waals surface area contributed by atoms with Crippen LogP contribution in [0.1, 0.15) is 49.4 Å². The molecule has 0 aliphatic carbocycles. The summed E-state index contributed by atoms with van der Waals surface area (Å²) < 4.78 is 0. The predicted octanol–water partition coefficient (Wildman–Crippen LogP) is 4.35. The van der Waals surface area contributed by atoms with Crippen LogP contribution in [-0.2, 0) is 0 Å². The van der Waals surface area contributed by atoms with Crippen LogP contribution in [0.5, 0.6) is 0 Å². The molecule has 2 aromatic rings. The average Bonchev–Trinajstić information content (AvgIpc) is 2.70. The van der Waals surface area contributed by atoms with Crippen LogP contribution < -0.4 is 15.5 Å². The number of pyridine rings is 1. The lowest BCUT2D eigenvalue weighted by Gasteiger charge is -2.28. The number of aromatic nitrogens is 1. The number of nitrogens with one attached hydrogen (secondary N) is 2. The first kappa shape index (κ1) is 18.2. The zero-order valence-corrected chi connectivity index (χ0v) is 15.5. The van der Waals surface area contributed by atoms with E-state index in [2.05, 4.69) is 51.7 Å². The number of anilines is 3. The van der Waals surface area contributed by atoms with Gasteiger partial charge in [-0.2, -0.15) is 0 Å². The van der Waals surface area contributed by atoms with Gasteiger partial charge in [-0.05, 0) is 62.1 Å². The van der Waals surface area contributed by atoms with E-state index in [0.717, 1.165) is 37.4 Å². The Balaban J connectivity index is 1.56. The van der Waals surface area contributed by atoms with Crippen molar-refractivity contribution in [1.82, 2.24) is 10.3 Å². The van der Waals surface area contributed by atoms with E-state index in [1.54, 1.807) is 12.3 Å². The van der Waals surface area contributed by atoms with Crippen molar-refractivity contribution in [3.8, 4) is 0 Å². The largest absolute Gasteiger partial charge is 0.372 e. The van der Waals surface area contributed by atoms with Gasteiger partial charge in [0.05, 0.1) is 5.56 Å². The molecule has 0 spiro atoms. The number of amides is 1. The fourth-order valence-corrected chi connectivity index (χ4v) is 3.14. The highest BCUT2D eigenvalue weighted by molar-refractivity contribution is 5.94. The third-order valence-corrected chi connectivity index (χ3v) is 4.70. The summed E-state index contributed by atoms with van der Waals surface area (Å²) in [6, 6.07) is 12.1. The van der Waals surface area contributed by atoms with Gasteiger partial charge in [-0.1, -0.05) is 13.3 Å². The van der Waals surface area contributed by atoms with Gasteiger partial charge in [-0.15, -0.1) is 0 Å². The molecule has 0 saturated carbocycles.